The zero-order chi connectivity index (χ0) is 13.4. The second-order valence-corrected chi connectivity index (χ2v) is 7.10. The standard InChI is InChI=1S/C16H27NO2/c1-2-14(18)3-4-17-16(19)15-12-6-10-5-11(8-12)9-13(15)7-10/h10-15,18H,2-9H2,1H3,(H,17,19). The topological polar surface area (TPSA) is 49.3 Å². The van der Waals surface area contributed by atoms with E-state index < -0.39 is 0 Å². The van der Waals surface area contributed by atoms with Gasteiger partial charge in [-0.1, -0.05) is 6.92 Å². The molecule has 0 aliphatic heterocycles. The number of hydrogen-bond acceptors (Lipinski definition) is 2. The third kappa shape index (κ3) is 2.67. The maximum absolute atomic E-state index is 12.4. The third-order valence-electron chi connectivity index (χ3n) is 5.78. The summed E-state index contributed by atoms with van der Waals surface area (Å²) in [6.45, 7) is 2.61. The minimum absolute atomic E-state index is 0.265. The minimum atomic E-state index is -0.265. The Bertz CT molecular complexity index is 314. The van der Waals surface area contributed by atoms with Gasteiger partial charge in [-0.25, -0.2) is 0 Å². The lowest BCUT2D eigenvalue weighted by Crippen LogP contribution is -2.51. The van der Waals surface area contributed by atoms with Crippen LogP contribution in [0.15, 0.2) is 0 Å². The first-order valence-electron chi connectivity index (χ1n) is 8.13. The molecule has 0 spiro atoms. The van der Waals surface area contributed by atoms with Gasteiger partial charge in [0.25, 0.3) is 0 Å². The Morgan fingerprint density at radius 2 is 1.74 bits per heavy atom. The Hall–Kier alpha value is -0.570. The van der Waals surface area contributed by atoms with Gasteiger partial charge >= 0.3 is 0 Å². The summed E-state index contributed by atoms with van der Waals surface area (Å²) >= 11 is 0. The SMILES string of the molecule is CCC(O)CCNC(=O)C1C2CC3CC(C2)CC1C3. The lowest BCUT2D eigenvalue weighted by atomic mass is 9.51. The molecule has 1 atom stereocenters. The Morgan fingerprint density at radius 1 is 1.16 bits per heavy atom. The van der Waals surface area contributed by atoms with Crippen LogP contribution in [-0.2, 0) is 4.79 Å². The van der Waals surface area contributed by atoms with Crippen molar-refractivity contribution in [2.24, 2.45) is 29.6 Å². The maximum atomic E-state index is 12.4. The molecule has 4 aliphatic carbocycles. The zero-order valence-electron chi connectivity index (χ0n) is 12.0. The molecule has 0 radical (unpaired) electrons. The summed E-state index contributed by atoms with van der Waals surface area (Å²) in [5.74, 6) is 3.73. The van der Waals surface area contributed by atoms with Crippen molar-refractivity contribution in [1.82, 2.24) is 5.32 Å². The van der Waals surface area contributed by atoms with Crippen LogP contribution >= 0.6 is 0 Å². The van der Waals surface area contributed by atoms with Gasteiger partial charge in [0.15, 0.2) is 0 Å². The van der Waals surface area contributed by atoms with Crippen LogP contribution in [-0.4, -0.2) is 23.7 Å². The van der Waals surface area contributed by atoms with Crippen LogP contribution in [0, 0.1) is 29.6 Å². The summed E-state index contributed by atoms with van der Waals surface area (Å²) in [7, 11) is 0. The fourth-order valence-electron chi connectivity index (χ4n) is 5.04. The Balaban J connectivity index is 1.53. The monoisotopic (exact) mass is 265 g/mol. The van der Waals surface area contributed by atoms with Crippen molar-refractivity contribution < 1.29 is 9.90 Å². The van der Waals surface area contributed by atoms with Gasteiger partial charge in [-0.3, -0.25) is 4.79 Å². The van der Waals surface area contributed by atoms with Crippen molar-refractivity contribution in [3.05, 3.63) is 0 Å². The van der Waals surface area contributed by atoms with E-state index in [1.54, 1.807) is 0 Å². The van der Waals surface area contributed by atoms with Gasteiger partial charge in [0.1, 0.15) is 0 Å². The quantitative estimate of drug-likeness (QED) is 0.801. The number of aliphatic hydroxyl groups is 1. The van der Waals surface area contributed by atoms with Crippen LogP contribution in [0.25, 0.3) is 0 Å². The molecule has 108 valence electrons. The van der Waals surface area contributed by atoms with Gasteiger partial charge in [-0.15, -0.1) is 0 Å². The van der Waals surface area contributed by atoms with Crippen molar-refractivity contribution in [3.8, 4) is 0 Å². The molecule has 0 aromatic carbocycles. The van der Waals surface area contributed by atoms with Crippen LogP contribution < -0.4 is 5.32 Å². The second kappa shape index (κ2) is 5.43. The van der Waals surface area contributed by atoms with E-state index in [2.05, 4.69) is 5.32 Å². The van der Waals surface area contributed by atoms with Crippen LogP contribution in [0.1, 0.15) is 51.9 Å². The molecule has 0 saturated heterocycles. The van der Waals surface area contributed by atoms with Crippen molar-refractivity contribution in [2.75, 3.05) is 6.54 Å². The average Bonchev–Trinajstić information content (AvgIpc) is 2.37. The summed E-state index contributed by atoms with van der Waals surface area (Å²) in [5.41, 5.74) is 0. The molecule has 4 bridgehead atoms. The maximum Gasteiger partial charge on any atom is 0.223 e. The summed E-state index contributed by atoms with van der Waals surface area (Å²) in [6.07, 6.45) is 7.81. The molecular weight excluding hydrogens is 238 g/mol. The lowest BCUT2D eigenvalue weighted by molar-refractivity contribution is -0.138. The number of hydrogen-bond donors (Lipinski definition) is 2. The van der Waals surface area contributed by atoms with E-state index in [-0.39, 0.29) is 17.9 Å². The summed E-state index contributed by atoms with van der Waals surface area (Å²) < 4.78 is 0. The average molecular weight is 265 g/mol. The highest BCUT2D eigenvalue weighted by molar-refractivity contribution is 5.79. The van der Waals surface area contributed by atoms with E-state index in [1.165, 1.54) is 32.1 Å². The molecule has 1 unspecified atom stereocenters. The number of amides is 1. The first-order chi connectivity index (χ1) is 9.17. The Morgan fingerprint density at radius 3 is 2.26 bits per heavy atom. The van der Waals surface area contributed by atoms with E-state index in [4.69, 9.17) is 0 Å². The van der Waals surface area contributed by atoms with Crippen LogP contribution in [0.4, 0.5) is 0 Å². The second-order valence-electron chi connectivity index (χ2n) is 7.10. The molecule has 0 aromatic rings. The summed E-state index contributed by atoms with van der Waals surface area (Å²) in [4.78, 5) is 12.4. The molecule has 4 aliphatic rings. The first-order valence-corrected chi connectivity index (χ1v) is 8.13. The van der Waals surface area contributed by atoms with Gasteiger partial charge in [0, 0.05) is 12.5 Å². The van der Waals surface area contributed by atoms with E-state index >= 15 is 0 Å². The highest BCUT2D eigenvalue weighted by Crippen LogP contribution is 2.56. The highest BCUT2D eigenvalue weighted by Gasteiger charge is 2.50. The molecule has 19 heavy (non-hydrogen) atoms. The van der Waals surface area contributed by atoms with E-state index in [9.17, 15) is 9.90 Å². The van der Waals surface area contributed by atoms with E-state index in [0.29, 0.717) is 24.8 Å². The van der Waals surface area contributed by atoms with E-state index in [1.807, 2.05) is 6.92 Å². The molecule has 3 heteroatoms. The Kier molecular flexibility index (Phi) is 3.84. The fraction of sp³-hybridized carbons (Fsp3) is 0.938. The van der Waals surface area contributed by atoms with Gasteiger partial charge in [-0.2, -0.15) is 0 Å². The molecule has 4 rings (SSSR count). The predicted molar refractivity (Wildman–Crippen MR) is 74.5 cm³/mol. The molecule has 4 saturated carbocycles. The molecule has 0 heterocycles. The largest absolute Gasteiger partial charge is 0.393 e. The number of nitrogens with one attached hydrogen (secondary N) is 1. The molecule has 3 nitrogen and oxygen atoms in total. The van der Waals surface area contributed by atoms with Crippen molar-refractivity contribution in [2.45, 2.75) is 58.0 Å². The summed E-state index contributed by atoms with van der Waals surface area (Å²) in [5, 5.41) is 12.6. The first kappa shape index (κ1) is 13.4. The highest BCUT2D eigenvalue weighted by atomic mass is 16.3. The van der Waals surface area contributed by atoms with Crippen LogP contribution in [0.5, 0.6) is 0 Å². The zero-order valence-corrected chi connectivity index (χ0v) is 12.0. The molecular formula is C16H27NO2. The van der Waals surface area contributed by atoms with Crippen LogP contribution in [0.3, 0.4) is 0 Å². The number of carbonyl (C=O) groups is 1. The molecule has 4 fully saturated rings. The van der Waals surface area contributed by atoms with Crippen molar-refractivity contribution in [1.29, 1.82) is 0 Å². The number of aliphatic hydroxyl groups excluding tert-OH is 1. The normalized spacial score (nSPS) is 41.3. The molecule has 1 amide bonds. The van der Waals surface area contributed by atoms with Gasteiger partial charge in [0.2, 0.25) is 5.91 Å². The third-order valence-corrected chi connectivity index (χ3v) is 5.78. The van der Waals surface area contributed by atoms with Gasteiger partial charge in [-0.05, 0) is 68.6 Å². The summed E-state index contributed by atoms with van der Waals surface area (Å²) in [6, 6.07) is 0. The van der Waals surface area contributed by atoms with Gasteiger partial charge in [0.05, 0.1) is 6.10 Å². The van der Waals surface area contributed by atoms with E-state index in [0.717, 1.165) is 18.3 Å². The van der Waals surface area contributed by atoms with Crippen molar-refractivity contribution >= 4 is 5.91 Å². The molecule has 2 N–H and O–H groups in total. The number of carbonyl (C=O) groups excluding carboxylic acids is 1. The predicted octanol–water partition coefficient (Wildman–Crippen LogP) is 2.34. The molecule has 0 aromatic heterocycles. The number of rotatable bonds is 5. The minimum Gasteiger partial charge on any atom is -0.393 e. The van der Waals surface area contributed by atoms with Crippen molar-refractivity contribution in [3.63, 3.8) is 0 Å². The smallest absolute Gasteiger partial charge is 0.223 e. The van der Waals surface area contributed by atoms with Crippen LogP contribution in [0.2, 0.25) is 0 Å². The Labute approximate surface area is 116 Å². The lowest BCUT2D eigenvalue weighted by Gasteiger charge is -2.53. The fourth-order valence-corrected chi connectivity index (χ4v) is 5.04. The van der Waals surface area contributed by atoms with Gasteiger partial charge < -0.3 is 10.4 Å².